The molecule has 1 heterocycles. The molecule has 21 heavy (non-hydrogen) atoms. The largest absolute Gasteiger partial charge is 0.504 e. The molecule has 0 fully saturated rings. The fourth-order valence-corrected chi connectivity index (χ4v) is 1.98. The molecule has 0 aliphatic heterocycles. The minimum atomic E-state index is -0.132. The number of nitrogens with zero attached hydrogens (tertiary/aromatic N) is 2. The van der Waals surface area contributed by atoms with E-state index < -0.39 is 0 Å². The van der Waals surface area contributed by atoms with Crippen LogP contribution >= 0.6 is 0 Å². The number of aromatic hydroxyl groups is 2. The average Bonchev–Trinajstić information content (AvgIpc) is 2.98. The molecule has 3 rings (SSSR count). The van der Waals surface area contributed by atoms with Crippen molar-refractivity contribution >= 4 is 12.2 Å². The van der Waals surface area contributed by atoms with Crippen LogP contribution in [0, 0.1) is 0 Å². The second kappa shape index (κ2) is 5.54. The third-order valence-corrected chi connectivity index (χ3v) is 3.08. The van der Waals surface area contributed by atoms with Crippen molar-refractivity contribution in [2.24, 2.45) is 0 Å². The van der Waals surface area contributed by atoms with E-state index in [-0.39, 0.29) is 11.5 Å². The molecule has 2 N–H and O–H groups in total. The Morgan fingerprint density at radius 3 is 2.43 bits per heavy atom. The summed E-state index contributed by atoms with van der Waals surface area (Å²) in [5.41, 5.74) is 2.60. The van der Waals surface area contributed by atoms with Crippen LogP contribution in [0.1, 0.15) is 11.3 Å². The van der Waals surface area contributed by atoms with Gasteiger partial charge in [0.15, 0.2) is 11.5 Å². The molecule has 3 aromatic rings. The molecule has 0 bridgehead atoms. The Bertz CT molecular complexity index is 776. The summed E-state index contributed by atoms with van der Waals surface area (Å²) in [6.07, 6.45) is 5.57. The number of benzene rings is 2. The van der Waals surface area contributed by atoms with Gasteiger partial charge < -0.3 is 10.2 Å². The van der Waals surface area contributed by atoms with Crippen molar-refractivity contribution in [3.8, 4) is 17.2 Å². The first-order valence-corrected chi connectivity index (χ1v) is 6.53. The number of phenols is 2. The Labute approximate surface area is 122 Å². The molecule has 1 aromatic heterocycles. The van der Waals surface area contributed by atoms with Crippen LogP contribution in [-0.4, -0.2) is 20.0 Å². The minimum absolute atomic E-state index is 0.125. The van der Waals surface area contributed by atoms with Gasteiger partial charge in [0, 0.05) is 6.20 Å². The van der Waals surface area contributed by atoms with E-state index in [9.17, 15) is 10.2 Å². The summed E-state index contributed by atoms with van der Waals surface area (Å²) in [5, 5.41) is 23.2. The van der Waals surface area contributed by atoms with Crippen LogP contribution < -0.4 is 0 Å². The molecule has 104 valence electrons. The van der Waals surface area contributed by atoms with E-state index in [4.69, 9.17) is 0 Å². The molecule has 0 atom stereocenters. The molecule has 2 aromatic carbocycles. The number of para-hydroxylation sites is 1. The van der Waals surface area contributed by atoms with Crippen LogP contribution in [0.25, 0.3) is 17.8 Å². The maximum Gasteiger partial charge on any atom is 0.157 e. The predicted octanol–water partition coefficient (Wildman–Crippen LogP) is 3.45. The molecule has 4 nitrogen and oxygen atoms in total. The number of hydrogen-bond acceptors (Lipinski definition) is 3. The van der Waals surface area contributed by atoms with Crippen LogP contribution in [0.15, 0.2) is 60.8 Å². The van der Waals surface area contributed by atoms with Gasteiger partial charge in [-0.1, -0.05) is 30.3 Å². The summed E-state index contributed by atoms with van der Waals surface area (Å²) in [6, 6.07) is 16.4. The van der Waals surface area contributed by atoms with Crippen LogP contribution in [0.5, 0.6) is 11.5 Å². The summed E-state index contributed by atoms with van der Waals surface area (Å²) in [6.45, 7) is 0. The molecule has 0 saturated carbocycles. The molecular weight excluding hydrogens is 264 g/mol. The van der Waals surface area contributed by atoms with Crippen molar-refractivity contribution < 1.29 is 10.2 Å². The van der Waals surface area contributed by atoms with E-state index in [1.165, 1.54) is 12.1 Å². The third-order valence-electron chi connectivity index (χ3n) is 3.08. The number of phenolic OH excluding ortho intramolecular Hbond substituents is 2. The molecule has 4 heteroatoms. The molecule has 0 aliphatic rings. The Kier molecular flexibility index (Phi) is 3.43. The van der Waals surface area contributed by atoms with Gasteiger partial charge in [0.25, 0.3) is 0 Å². The van der Waals surface area contributed by atoms with Crippen molar-refractivity contribution in [2.45, 2.75) is 0 Å². The van der Waals surface area contributed by atoms with Crippen LogP contribution in [0.3, 0.4) is 0 Å². The summed E-state index contributed by atoms with van der Waals surface area (Å²) in [5.74, 6) is -0.257. The highest BCUT2D eigenvalue weighted by Crippen LogP contribution is 2.25. The molecular formula is C17H14N2O2. The first kappa shape index (κ1) is 13.0. The lowest BCUT2D eigenvalue weighted by Gasteiger charge is -1.99. The van der Waals surface area contributed by atoms with Crippen molar-refractivity contribution in [3.63, 3.8) is 0 Å². The lowest BCUT2D eigenvalue weighted by atomic mass is 10.2. The van der Waals surface area contributed by atoms with Gasteiger partial charge in [-0.15, -0.1) is 0 Å². The second-order valence-electron chi connectivity index (χ2n) is 4.60. The first-order chi connectivity index (χ1) is 10.2. The molecule has 0 aliphatic carbocycles. The number of rotatable bonds is 3. The maximum atomic E-state index is 9.45. The molecule has 0 amide bonds. The smallest absolute Gasteiger partial charge is 0.157 e. The monoisotopic (exact) mass is 278 g/mol. The van der Waals surface area contributed by atoms with Crippen LogP contribution in [-0.2, 0) is 0 Å². The Morgan fingerprint density at radius 2 is 1.67 bits per heavy atom. The quantitative estimate of drug-likeness (QED) is 0.721. The van der Waals surface area contributed by atoms with Gasteiger partial charge in [-0.25, -0.2) is 4.68 Å². The van der Waals surface area contributed by atoms with Gasteiger partial charge in [0.05, 0.1) is 11.4 Å². The standard InChI is InChI=1S/C17H14N2O2/c20-16-9-7-13(12-17(16)21)6-8-14-10-11-19(18-14)15-4-2-1-3-5-15/h1-12,20-21H/b8-6+. The molecule has 0 saturated heterocycles. The van der Waals surface area contributed by atoms with E-state index in [1.807, 2.05) is 54.7 Å². The van der Waals surface area contributed by atoms with Crippen LogP contribution in [0.4, 0.5) is 0 Å². The Hall–Kier alpha value is -3.01. The van der Waals surface area contributed by atoms with Gasteiger partial charge in [-0.2, -0.15) is 5.10 Å². The molecule has 0 unspecified atom stereocenters. The van der Waals surface area contributed by atoms with Crippen LogP contribution in [0.2, 0.25) is 0 Å². The van der Waals surface area contributed by atoms with E-state index in [2.05, 4.69) is 5.10 Å². The molecule has 0 radical (unpaired) electrons. The lowest BCUT2D eigenvalue weighted by Crippen LogP contribution is -1.93. The highest BCUT2D eigenvalue weighted by molar-refractivity contribution is 5.69. The predicted molar refractivity (Wildman–Crippen MR) is 82.3 cm³/mol. The second-order valence-corrected chi connectivity index (χ2v) is 4.60. The number of hydrogen-bond donors (Lipinski definition) is 2. The van der Waals surface area contributed by atoms with Crippen molar-refractivity contribution in [1.82, 2.24) is 9.78 Å². The van der Waals surface area contributed by atoms with Crippen molar-refractivity contribution in [3.05, 3.63) is 72.1 Å². The number of aromatic nitrogens is 2. The topological polar surface area (TPSA) is 58.3 Å². The van der Waals surface area contributed by atoms with Gasteiger partial charge >= 0.3 is 0 Å². The SMILES string of the molecule is Oc1ccc(/C=C/c2ccn(-c3ccccc3)n2)cc1O. The van der Waals surface area contributed by atoms with Gasteiger partial charge in [0.2, 0.25) is 0 Å². The summed E-state index contributed by atoms with van der Waals surface area (Å²) >= 11 is 0. The first-order valence-electron chi connectivity index (χ1n) is 6.53. The van der Waals surface area contributed by atoms with E-state index >= 15 is 0 Å². The Morgan fingerprint density at radius 1 is 0.857 bits per heavy atom. The Balaban J connectivity index is 1.81. The zero-order valence-corrected chi connectivity index (χ0v) is 11.2. The fraction of sp³-hybridized carbons (Fsp3) is 0. The van der Waals surface area contributed by atoms with Gasteiger partial charge in [-0.3, -0.25) is 0 Å². The third kappa shape index (κ3) is 2.95. The van der Waals surface area contributed by atoms with E-state index in [0.717, 1.165) is 16.9 Å². The highest BCUT2D eigenvalue weighted by Gasteiger charge is 2.00. The average molecular weight is 278 g/mol. The zero-order chi connectivity index (χ0) is 14.7. The summed E-state index contributed by atoms with van der Waals surface area (Å²) in [4.78, 5) is 0. The van der Waals surface area contributed by atoms with E-state index in [1.54, 1.807) is 10.7 Å². The lowest BCUT2D eigenvalue weighted by molar-refractivity contribution is 0.403. The zero-order valence-electron chi connectivity index (χ0n) is 11.2. The summed E-state index contributed by atoms with van der Waals surface area (Å²) < 4.78 is 1.80. The highest BCUT2D eigenvalue weighted by atomic mass is 16.3. The molecule has 0 spiro atoms. The fourth-order valence-electron chi connectivity index (χ4n) is 1.98. The van der Waals surface area contributed by atoms with Gasteiger partial charge in [-0.05, 0) is 42.0 Å². The minimum Gasteiger partial charge on any atom is -0.504 e. The van der Waals surface area contributed by atoms with Crippen molar-refractivity contribution in [1.29, 1.82) is 0 Å². The van der Waals surface area contributed by atoms with Gasteiger partial charge in [0.1, 0.15) is 0 Å². The maximum absolute atomic E-state index is 9.45. The normalized spacial score (nSPS) is 11.0. The van der Waals surface area contributed by atoms with Crippen molar-refractivity contribution in [2.75, 3.05) is 0 Å². The van der Waals surface area contributed by atoms with E-state index in [0.29, 0.717) is 0 Å². The summed E-state index contributed by atoms with van der Waals surface area (Å²) in [7, 11) is 0.